The predicted octanol–water partition coefficient (Wildman–Crippen LogP) is 5.35. The molecule has 2 nitrogen and oxygen atoms in total. The summed E-state index contributed by atoms with van der Waals surface area (Å²) >= 11 is 0. The number of benzene rings is 1. The third-order valence-electron chi connectivity index (χ3n) is 7.37. The highest BCUT2D eigenvalue weighted by Crippen LogP contribution is 2.61. The number of ether oxygens (including phenoxy) is 2. The molecule has 4 rings (SSSR count). The molecular formula is C22H32O2. The molecule has 0 saturated heterocycles. The largest absolute Gasteiger partial charge is 0.494 e. The second-order valence-corrected chi connectivity index (χ2v) is 8.47. The summed E-state index contributed by atoms with van der Waals surface area (Å²) in [5.41, 5.74) is 3.59. The van der Waals surface area contributed by atoms with Crippen LogP contribution in [0.1, 0.15) is 69.4 Å². The minimum Gasteiger partial charge on any atom is -0.494 e. The lowest BCUT2D eigenvalue weighted by Crippen LogP contribution is -2.44. The third-order valence-corrected chi connectivity index (χ3v) is 7.37. The molecule has 0 unspecified atom stereocenters. The minimum atomic E-state index is 0.414. The first-order valence-corrected chi connectivity index (χ1v) is 9.95. The summed E-state index contributed by atoms with van der Waals surface area (Å²) in [6.07, 6.45) is 9.42. The molecule has 0 bridgehead atoms. The maximum Gasteiger partial charge on any atom is 0.119 e. The lowest BCUT2D eigenvalue weighted by molar-refractivity contribution is -0.0444. The van der Waals surface area contributed by atoms with Gasteiger partial charge in [-0.25, -0.2) is 0 Å². The van der Waals surface area contributed by atoms with Crippen molar-refractivity contribution in [2.75, 3.05) is 13.7 Å². The van der Waals surface area contributed by atoms with E-state index < -0.39 is 0 Å². The first kappa shape index (κ1) is 16.4. The highest BCUT2D eigenvalue weighted by atomic mass is 16.5. The smallest absolute Gasteiger partial charge is 0.119 e. The zero-order valence-electron chi connectivity index (χ0n) is 15.5. The van der Waals surface area contributed by atoms with Crippen molar-refractivity contribution in [2.24, 2.45) is 17.3 Å². The third kappa shape index (κ3) is 2.49. The van der Waals surface area contributed by atoms with Gasteiger partial charge in [-0.2, -0.15) is 0 Å². The fourth-order valence-electron chi connectivity index (χ4n) is 6.21. The SMILES string of the molecule is CCCOc1ccc2c(c1)CC[C@@H]1[C@H]3CC[C@@H](OC)[C@]3(C)CC[C@@H]21. The summed E-state index contributed by atoms with van der Waals surface area (Å²) in [6, 6.07) is 6.90. The summed E-state index contributed by atoms with van der Waals surface area (Å²) in [5.74, 6) is 3.54. The Bertz CT molecular complexity index is 596. The van der Waals surface area contributed by atoms with Gasteiger partial charge in [-0.05, 0) is 91.4 Å². The van der Waals surface area contributed by atoms with E-state index in [1.807, 2.05) is 7.11 Å². The molecule has 0 aliphatic heterocycles. The summed E-state index contributed by atoms with van der Waals surface area (Å²) in [7, 11) is 1.92. The highest BCUT2D eigenvalue weighted by molar-refractivity contribution is 5.40. The van der Waals surface area contributed by atoms with Crippen molar-refractivity contribution in [3.8, 4) is 5.75 Å². The molecule has 24 heavy (non-hydrogen) atoms. The molecule has 0 radical (unpaired) electrons. The summed E-state index contributed by atoms with van der Waals surface area (Å²) < 4.78 is 11.7. The first-order valence-electron chi connectivity index (χ1n) is 9.95. The molecule has 1 aromatic rings. The van der Waals surface area contributed by atoms with Gasteiger partial charge in [0, 0.05) is 7.11 Å². The Morgan fingerprint density at radius 1 is 1.17 bits per heavy atom. The summed E-state index contributed by atoms with van der Waals surface area (Å²) in [5, 5.41) is 0. The average molecular weight is 328 g/mol. The standard InChI is InChI=1S/C22H32O2/c1-4-13-24-16-6-8-17-15(14-16)5-7-19-18(17)11-12-22(2)20(19)9-10-21(22)23-3/h6,8,14,18-21H,4-5,7,9-13H2,1-3H3/t18-,19-,20+,21+,22+/m0/s1. The van der Waals surface area contributed by atoms with Gasteiger partial charge in [-0.3, -0.25) is 0 Å². The Labute approximate surface area is 146 Å². The molecule has 0 heterocycles. The molecule has 2 saturated carbocycles. The van der Waals surface area contributed by atoms with Crippen molar-refractivity contribution in [3.63, 3.8) is 0 Å². The van der Waals surface area contributed by atoms with Gasteiger partial charge < -0.3 is 9.47 Å². The van der Waals surface area contributed by atoms with Crippen molar-refractivity contribution < 1.29 is 9.47 Å². The van der Waals surface area contributed by atoms with E-state index in [-0.39, 0.29) is 0 Å². The van der Waals surface area contributed by atoms with Crippen LogP contribution in [0.4, 0.5) is 0 Å². The van der Waals surface area contributed by atoms with E-state index in [1.165, 1.54) is 38.5 Å². The van der Waals surface area contributed by atoms with E-state index in [2.05, 4.69) is 32.0 Å². The van der Waals surface area contributed by atoms with Crippen LogP contribution in [0.5, 0.6) is 5.75 Å². The molecular weight excluding hydrogens is 296 g/mol. The second-order valence-electron chi connectivity index (χ2n) is 8.47. The molecule has 0 spiro atoms. The van der Waals surface area contributed by atoms with Crippen LogP contribution < -0.4 is 4.74 Å². The Morgan fingerprint density at radius 2 is 2.04 bits per heavy atom. The van der Waals surface area contributed by atoms with Crippen LogP contribution in [0.25, 0.3) is 0 Å². The lowest BCUT2D eigenvalue weighted by atomic mass is 9.55. The van der Waals surface area contributed by atoms with E-state index in [1.54, 1.807) is 11.1 Å². The van der Waals surface area contributed by atoms with E-state index in [0.29, 0.717) is 11.5 Å². The van der Waals surface area contributed by atoms with E-state index in [4.69, 9.17) is 9.47 Å². The Morgan fingerprint density at radius 3 is 2.83 bits per heavy atom. The average Bonchev–Trinajstić information content (AvgIpc) is 2.95. The summed E-state index contributed by atoms with van der Waals surface area (Å²) in [6.45, 7) is 5.49. The number of methoxy groups -OCH3 is 1. The maximum absolute atomic E-state index is 5.87. The molecule has 3 aliphatic carbocycles. The fourth-order valence-corrected chi connectivity index (χ4v) is 6.21. The van der Waals surface area contributed by atoms with Crippen molar-refractivity contribution in [3.05, 3.63) is 29.3 Å². The summed E-state index contributed by atoms with van der Waals surface area (Å²) in [4.78, 5) is 0. The van der Waals surface area contributed by atoms with Crippen LogP contribution >= 0.6 is 0 Å². The first-order chi connectivity index (χ1) is 11.7. The van der Waals surface area contributed by atoms with Gasteiger partial charge in [-0.15, -0.1) is 0 Å². The number of rotatable bonds is 4. The van der Waals surface area contributed by atoms with Crippen molar-refractivity contribution in [1.82, 2.24) is 0 Å². The van der Waals surface area contributed by atoms with Crippen LogP contribution in [0.2, 0.25) is 0 Å². The van der Waals surface area contributed by atoms with Gasteiger partial charge in [0.1, 0.15) is 5.75 Å². The van der Waals surface area contributed by atoms with Gasteiger partial charge in [0.2, 0.25) is 0 Å². The minimum absolute atomic E-state index is 0.414. The molecule has 3 aliphatic rings. The monoisotopic (exact) mass is 328 g/mol. The Balaban J connectivity index is 1.58. The fraction of sp³-hybridized carbons (Fsp3) is 0.727. The quantitative estimate of drug-likeness (QED) is 0.742. The van der Waals surface area contributed by atoms with Crippen LogP contribution in [0.3, 0.4) is 0 Å². The zero-order chi connectivity index (χ0) is 16.7. The van der Waals surface area contributed by atoms with Gasteiger partial charge in [-0.1, -0.05) is 19.9 Å². The van der Waals surface area contributed by atoms with Gasteiger partial charge in [0.25, 0.3) is 0 Å². The second kappa shape index (κ2) is 6.37. The molecule has 2 heteroatoms. The number of hydrogen-bond acceptors (Lipinski definition) is 2. The van der Waals surface area contributed by atoms with E-state index >= 15 is 0 Å². The van der Waals surface area contributed by atoms with Crippen LogP contribution in [0.15, 0.2) is 18.2 Å². The Hall–Kier alpha value is -1.02. The maximum atomic E-state index is 5.87. The van der Waals surface area contributed by atoms with Crippen molar-refractivity contribution in [1.29, 1.82) is 0 Å². The van der Waals surface area contributed by atoms with Crippen molar-refractivity contribution >= 4 is 0 Å². The molecule has 1 aromatic carbocycles. The lowest BCUT2D eigenvalue weighted by Gasteiger charge is -2.50. The van der Waals surface area contributed by atoms with Crippen LogP contribution in [-0.2, 0) is 11.2 Å². The molecule has 0 aromatic heterocycles. The van der Waals surface area contributed by atoms with Gasteiger partial charge >= 0.3 is 0 Å². The van der Waals surface area contributed by atoms with Gasteiger partial charge in [0.05, 0.1) is 12.7 Å². The van der Waals surface area contributed by atoms with Crippen LogP contribution in [-0.4, -0.2) is 19.8 Å². The molecule has 5 atom stereocenters. The van der Waals surface area contributed by atoms with E-state index in [9.17, 15) is 0 Å². The number of hydrogen-bond donors (Lipinski definition) is 0. The normalized spacial score (nSPS) is 37.5. The number of aryl methyl sites for hydroxylation is 1. The predicted molar refractivity (Wildman–Crippen MR) is 97.6 cm³/mol. The molecule has 132 valence electrons. The zero-order valence-corrected chi connectivity index (χ0v) is 15.5. The molecule has 2 fully saturated rings. The highest BCUT2D eigenvalue weighted by Gasteiger charge is 2.54. The van der Waals surface area contributed by atoms with Crippen LogP contribution in [0, 0.1) is 17.3 Å². The molecule has 0 N–H and O–H groups in total. The Kier molecular flexibility index (Phi) is 4.36. The van der Waals surface area contributed by atoms with E-state index in [0.717, 1.165) is 36.5 Å². The van der Waals surface area contributed by atoms with Crippen molar-refractivity contribution in [2.45, 2.75) is 70.8 Å². The van der Waals surface area contributed by atoms with Gasteiger partial charge in [0.15, 0.2) is 0 Å². The topological polar surface area (TPSA) is 18.5 Å². The molecule has 0 amide bonds. The number of fused-ring (bicyclic) bond motifs is 5.